The average Bonchev–Trinajstić information content (AvgIpc) is 3.81. The van der Waals surface area contributed by atoms with Crippen LogP contribution in [0.1, 0.15) is 77.3 Å². The third-order valence-electron chi connectivity index (χ3n) is 12.7. The van der Waals surface area contributed by atoms with Crippen LogP contribution in [-0.2, 0) is 65.6 Å². The number of carbonyl (C=O) groups excluding carboxylic acids is 8. The summed E-state index contributed by atoms with van der Waals surface area (Å²) in [6.45, 7) is 4.70. The van der Waals surface area contributed by atoms with Crippen molar-refractivity contribution in [3.05, 3.63) is 71.9 Å². The number of carboxylic acids is 3. The second-order valence-corrected chi connectivity index (χ2v) is 19.0. The average molecular weight is 1120 g/mol. The highest BCUT2D eigenvalue weighted by Gasteiger charge is 2.36. The lowest BCUT2D eigenvalue weighted by Gasteiger charge is -2.28. The maximum Gasteiger partial charge on any atom is 0.328 e. The number of benzene rings is 2. The molecule has 8 amide bonds. The van der Waals surface area contributed by atoms with Crippen LogP contribution in [-0.4, -0.2) is 175 Å². The molecule has 0 aliphatic carbocycles. The predicted octanol–water partition coefficient (Wildman–Crippen LogP) is -3.92. The lowest BCUT2D eigenvalue weighted by Crippen LogP contribution is -2.61. The zero-order valence-corrected chi connectivity index (χ0v) is 44.6. The molecule has 0 saturated carbocycles. The molecule has 29 nitrogen and oxygen atoms in total. The van der Waals surface area contributed by atoms with Gasteiger partial charge in [0.1, 0.15) is 48.3 Å². The first-order valence-corrected chi connectivity index (χ1v) is 25.5. The van der Waals surface area contributed by atoms with Crippen molar-refractivity contribution in [3.63, 3.8) is 0 Å². The molecule has 1 aromatic heterocycles. The summed E-state index contributed by atoms with van der Waals surface area (Å²) in [5.74, 6) is -13.5. The van der Waals surface area contributed by atoms with Crippen molar-refractivity contribution in [2.45, 2.75) is 140 Å². The Labute approximate surface area is 459 Å². The number of nitrogens with two attached hydrogens (primary N) is 3. The van der Waals surface area contributed by atoms with Gasteiger partial charge in [-0.2, -0.15) is 0 Å². The third kappa shape index (κ3) is 21.3. The predicted molar refractivity (Wildman–Crippen MR) is 286 cm³/mol. The van der Waals surface area contributed by atoms with Gasteiger partial charge in [0.25, 0.3) is 0 Å². The molecular formula is C51H73N13O16. The van der Waals surface area contributed by atoms with Gasteiger partial charge in [0, 0.05) is 42.9 Å². The van der Waals surface area contributed by atoms with Crippen LogP contribution < -0.4 is 59.7 Å². The molecule has 1 heterocycles. The number of aromatic nitrogens is 1. The number of hydrogen-bond acceptors (Lipinski definition) is 15. The molecule has 29 heteroatoms. The Morgan fingerprint density at radius 2 is 1.12 bits per heavy atom. The van der Waals surface area contributed by atoms with Crippen molar-refractivity contribution in [2.75, 3.05) is 13.2 Å². The third-order valence-corrected chi connectivity index (χ3v) is 12.7. The molecule has 0 radical (unpaired) electrons. The van der Waals surface area contributed by atoms with Gasteiger partial charge in [-0.15, -0.1) is 0 Å². The molecule has 0 saturated heterocycles. The number of fused-ring (bicyclic) bond motifs is 1. The monoisotopic (exact) mass is 1120 g/mol. The van der Waals surface area contributed by atoms with Crippen LogP contribution in [0.25, 0.3) is 10.9 Å². The Bertz CT molecular complexity index is 2680. The van der Waals surface area contributed by atoms with Gasteiger partial charge in [-0.25, -0.2) is 4.79 Å². The van der Waals surface area contributed by atoms with Crippen molar-refractivity contribution in [3.8, 4) is 0 Å². The van der Waals surface area contributed by atoms with Gasteiger partial charge in [-0.3, -0.25) is 52.9 Å². The minimum atomic E-state index is -1.79. The van der Waals surface area contributed by atoms with E-state index < -0.39 is 152 Å². The molecule has 3 aromatic rings. The van der Waals surface area contributed by atoms with Crippen molar-refractivity contribution >= 4 is 82.0 Å². The smallest absolute Gasteiger partial charge is 0.328 e. The maximum absolute atomic E-state index is 14.4. The zero-order valence-electron chi connectivity index (χ0n) is 44.6. The van der Waals surface area contributed by atoms with Gasteiger partial charge >= 0.3 is 17.9 Å². The standard InChI is InChI=1S/C51H73N13O16/c1-5-25(2)40(52)48(77)62-36(22-39(69)70)46(75)61-35(21-29-23-56-31-15-10-9-14-30(29)31)45(74)59-33(17-18-38(67)68)44(73)58-32(16-11-19-55-51(53)54)43(72)57-26(3)42(71)60-34(20-28-12-7-6-8-13-28)47(76)64-41(27(4)66)49(78)63-37(24-65)50(79)80/h6-10,12-15,23,25-27,32-37,40-41,56,65-66H,5,11,16-22,24,52H2,1-4H3,(H,57,72)(H,58,73)(H,59,74)(H,60,71)(H,61,75)(H,62,77)(H,63,78)(H,64,76)(H,67,68)(H,69,70)(H,79,80)(H4,53,54,55)/t25-,26-,27+,32-,33-,34-,35-,36-,37-,40-,41-/m0/s1. The van der Waals surface area contributed by atoms with Crippen LogP contribution in [0.3, 0.4) is 0 Å². The number of nitrogens with one attached hydrogen (secondary N) is 9. The summed E-state index contributed by atoms with van der Waals surface area (Å²) in [6, 6.07) is 0.663. The van der Waals surface area contributed by atoms with Crippen LogP contribution in [0, 0.1) is 5.92 Å². The lowest BCUT2D eigenvalue weighted by molar-refractivity contribution is -0.144. The first kappa shape index (κ1) is 65.6. The van der Waals surface area contributed by atoms with Crippen molar-refractivity contribution in [1.29, 1.82) is 0 Å². The molecule has 80 heavy (non-hydrogen) atoms. The highest BCUT2D eigenvalue weighted by atomic mass is 16.4. The Kier molecular flexibility index (Phi) is 26.4. The van der Waals surface area contributed by atoms with Gasteiger partial charge in [-0.1, -0.05) is 68.8 Å². The van der Waals surface area contributed by atoms with Crippen LogP contribution in [0.5, 0.6) is 0 Å². The molecule has 2 aromatic carbocycles. The number of rotatable bonds is 34. The molecule has 0 fully saturated rings. The quantitative estimate of drug-likeness (QED) is 0.0154. The SMILES string of the molecule is CC[C@H](C)[C@H](N)C(=O)N[C@@H](CC(=O)O)C(=O)N[C@@H](Cc1c[nH]c2ccccc12)C(=O)N[C@@H](CCC(=O)O)C(=O)N[C@@H](CCCN=C(N)N)C(=O)N[C@@H](C)C(=O)N[C@@H](Cc1ccccc1)C(=O)N[C@H](C(=O)N[C@@H](CO)C(=O)O)[C@@H](C)O. The van der Waals surface area contributed by atoms with E-state index in [4.69, 9.17) is 17.2 Å². The van der Waals surface area contributed by atoms with E-state index in [1.807, 2.05) is 5.32 Å². The summed E-state index contributed by atoms with van der Waals surface area (Å²) in [4.78, 5) is 153. The number of para-hydroxylation sites is 1. The van der Waals surface area contributed by atoms with Gasteiger partial charge in [-0.05, 0) is 56.2 Å². The molecule has 0 aliphatic rings. The number of hydrogen-bond donors (Lipinski definition) is 17. The van der Waals surface area contributed by atoms with Crippen LogP contribution in [0.4, 0.5) is 0 Å². The molecule has 0 aliphatic heterocycles. The maximum atomic E-state index is 14.4. The molecule has 3 rings (SSSR count). The van der Waals surface area contributed by atoms with Gasteiger partial charge < -0.3 is 90.3 Å². The molecule has 0 spiro atoms. The summed E-state index contributed by atoms with van der Waals surface area (Å²) < 4.78 is 0. The minimum absolute atomic E-state index is 0.0148. The second-order valence-electron chi connectivity index (χ2n) is 19.0. The van der Waals surface area contributed by atoms with E-state index >= 15 is 0 Å². The van der Waals surface area contributed by atoms with E-state index in [0.29, 0.717) is 28.5 Å². The van der Waals surface area contributed by atoms with E-state index in [9.17, 15) is 78.3 Å². The number of amides is 8. The Morgan fingerprint density at radius 3 is 1.71 bits per heavy atom. The normalized spacial score (nSPS) is 15.2. The number of carboxylic acid groups (broad SMARTS) is 3. The van der Waals surface area contributed by atoms with E-state index in [2.05, 4.69) is 47.2 Å². The Hall–Kier alpha value is -8.70. The largest absolute Gasteiger partial charge is 0.481 e. The van der Waals surface area contributed by atoms with Crippen molar-refractivity contribution < 1.29 is 78.3 Å². The zero-order chi connectivity index (χ0) is 59.8. The van der Waals surface area contributed by atoms with E-state index in [1.165, 1.54) is 6.92 Å². The summed E-state index contributed by atoms with van der Waals surface area (Å²) >= 11 is 0. The van der Waals surface area contributed by atoms with Crippen LogP contribution in [0.2, 0.25) is 0 Å². The first-order chi connectivity index (χ1) is 37.8. The van der Waals surface area contributed by atoms with Crippen LogP contribution in [0.15, 0.2) is 65.8 Å². The van der Waals surface area contributed by atoms with Gasteiger partial charge in [0.2, 0.25) is 47.3 Å². The number of aliphatic carboxylic acids is 3. The summed E-state index contributed by atoms with van der Waals surface area (Å²) in [7, 11) is 0. The summed E-state index contributed by atoms with van der Waals surface area (Å²) in [5.41, 5.74) is 18.6. The first-order valence-electron chi connectivity index (χ1n) is 25.5. The fourth-order valence-corrected chi connectivity index (χ4v) is 7.86. The summed E-state index contributed by atoms with van der Waals surface area (Å²) in [5, 5.41) is 68.1. The van der Waals surface area contributed by atoms with E-state index in [0.717, 1.165) is 6.92 Å². The fourth-order valence-electron chi connectivity index (χ4n) is 7.86. The van der Waals surface area contributed by atoms with E-state index in [-0.39, 0.29) is 44.1 Å². The highest BCUT2D eigenvalue weighted by Crippen LogP contribution is 2.20. The van der Waals surface area contributed by atoms with Gasteiger partial charge in [0.05, 0.1) is 25.2 Å². The molecule has 11 atom stereocenters. The number of carbonyl (C=O) groups is 11. The van der Waals surface area contributed by atoms with Crippen molar-refractivity contribution in [1.82, 2.24) is 47.5 Å². The molecule has 0 bridgehead atoms. The second kappa shape index (κ2) is 32.3. The number of H-pyrrole nitrogens is 1. The molecular weight excluding hydrogens is 1050 g/mol. The molecule has 20 N–H and O–H groups in total. The molecule has 438 valence electrons. The number of aliphatic hydroxyl groups is 2. The number of aromatic amines is 1. The minimum Gasteiger partial charge on any atom is -0.481 e. The topological polar surface area (TPSA) is 491 Å². The van der Waals surface area contributed by atoms with Crippen LogP contribution >= 0.6 is 0 Å². The number of guanidine groups is 1. The Morgan fingerprint density at radius 1 is 0.600 bits per heavy atom. The van der Waals surface area contributed by atoms with E-state index in [1.54, 1.807) is 74.6 Å². The highest BCUT2D eigenvalue weighted by molar-refractivity contribution is 5.99. The number of aliphatic hydroxyl groups excluding tert-OH is 2. The number of nitrogens with zero attached hydrogens (tertiary/aromatic N) is 1. The fraction of sp³-hybridized carbons (Fsp3) is 0.490. The lowest BCUT2D eigenvalue weighted by atomic mass is 9.98. The Balaban J connectivity index is 1.96. The summed E-state index contributed by atoms with van der Waals surface area (Å²) in [6.07, 6.45) is -2.57. The van der Waals surface area contributed by atoms with Crippen molar-refractivity contribution in [2.24, 2.45) is 28.1 Å². The molecule has 0 unspecified atom stereocenters. The van der Waals surface area contributed by atoms with Gasteiger partial charge in [0.15, 0.2) is 5.96 Å². The number of aliphatic imine (C=N–C) groups is 1.